The zero-order valence-corrected chi connectivity index (χ0v) is 14.4. The molecular weight excluding hydrogens is 298 g/mol. The van der Waals surface area contributed by atoms with E-state index in [4.69, 9.17) is 0 Å². The van der Waals surface area contributed by atoms with Gasteiger partial charge in [-0.05, 0) is 36.0 Å². The molecule has 0 aromatic heterocycles. The highest BCUT2D eigenvalue weighted by atomic mass is 32.2. The molecule has 1 aliphatic heterocycles. The molecule has 122 valence electrons. The molecule has 1 fully saturated rings. The number of sulfone groups is 1. The standard InChI is InChI=1S/C17H25NO3S/c1-17(2,3)14-7-9-15(10-8-14)22(20,21)12-13-6-4-5-11-18-16(13)19/h7-10,13H,4-6,11-12H2,1-3H3,(H,18,19)/t13-/m1/s1. The first-order valence-corrected chi connectivity index (χ1v) is 9.46. The van der Waals surface area contributed by atoms with Crippen LogP contribution in [-0.4, -0.2) is 26.6 Å². The van der Waals surface area contributed by atoms with Crippen LogP contribution in [0, 0.1) is 5.92 Å². The fraction of sp³-hybridized carbons (Fsp3) is 0.588. The number of benzene rings is 1. The fourth-order valence-corrected chi connectivity index (χ4v) is 4.28. The van der Waals surface area contributed by atoms with E-state index in [0.717, 1.165) is 18.4 Å². The summed E-state index contributed by atoms with van der Waals surface area (Å²) in [5, 5.41) is 2.79. The number of hydrogen-bond donors (Lipinski definition) is 1. The molecular formula is C17H25NO3S. The predicted octanol–water partition coefficient (Wildman–Crippen LogP) is 2.67. The van der Waals surface area contributed by atoms with Gasteiger partial charge in [-0.25, -0.2) is 8.42 Å². The molecule has 0 aliphatic carbocycles. The average Bonchev–Trinajstić information content (AvgIpc) is 2.63. The highest BCUT2D eigenvalue weighted by molar-refractivity contribution is 7.91. The van der Waals surface area contributed by atoms with Crippen LogP contribution in [-0.2, 0) is 20.0 Å². The van der Waals surface area contributed by atoms with Gasteiger partial charge in [0.05, 0.1) is 16.6 Å². The third kappa shape index (κ3) is 4.09. The van der Waals surface area contributed by atoms with E-state index in [2.05, 4.69) is 26.1 Å². The highest BCUT2D eigenvalue weighted by Gasteiger charge is 2.28. The van der Waals surface area contributed by atoms with E-state index in [9.17, 15) is 13.2 Å². The van der Waals surface area contributed by atoms with Gasteiger partial charge in [0, 0.05) is 6.54 Å². The topological polar surface area (TPSA) is 63.2 Å². The minimum absolute atomic E-state index is 0.0105. The Hall–Kier alpha value is -1.36. The molecule has 1 aromatic carbocycles. The summed E-state index contributed by atoms with van der Waals surface area (Å²) in [6.07, 6.45) is 2.45. The number of amides is 1. The first kappa shape index (κ1) is 17.0. The monoisotopic (exact) mass is 323 g/mol. The summed E-state index contributed by atoms with van der Waals surface area (Å²) in [7, 11) is -3.43. The molecule has 0 bridgehead atoms. The van der Waals surface area contributed by atoms with Gasteiger partial charge >= 0.3 is 0 Å². The van der Waals surface area contributed by atoms with E-state index < -0.39 is 15.8 Å². The first-order valence-electron chi connectivity index (χ1n) is 7.81. The normalized spacial score (nSPS) is 20.3. The molecule has 2 rings (SSSR count). The van der Waals surface area contributed by atoms with Crippen LogP contribution in [0.4, 0.5) is 0 Å². The fourth-order valence-electron chi connectivity index (χ4n) is 2.69. The second kappa shape index (κ2) is 6.41. The van der Waals surface area contributed by atoms with Crippen molar-refractivity contribution in [1.82, 2.24) is 5.32 Å². The Balaban J connectivity index is 2.17. The summed E-state index contributed by atoms with van der Waals surface area (Å²) in [5.41, 5.74) is 1.09. The van der Waals surface area contributed by atoms with Crippen molar-refractivity contribution in [3.8, 4) is 0 Å². The van der Waals surface area contributed by atoms with Gasteiger partial charge in [-0.15, -0.1) is 0 Å². The van der Waals surface area contributed by atoms with Gasteiger partial charge in [0.1, 0.15) is 0 Å². The molecule has 1 N–H and O–H groups in total. The van der Waals surface area contributed by atoms with Crippen molar-refractivity contribution in [2.75, 3.05) is 12.3 Å². The lowest BCUT2D eigenvalue weighted by atomic mass is 9.87. The molecule has 0 unspecified atom stereocenters. The Morgan fingerprint density at radius 2 is 1.77 bits per heavy atom. The Morgan fingerprint density at radius 3 is 2.36 bits per heavy atom. The minimum atomic E-state index is -3.43. The largest absolute Gasteiger partial charge is 0.356 e. The average molecular weight is 323 g/mol. The smallest absolute Gasteiger partial charge is 0.224 e. The first-order chi connectivity index (χ1) is 10.2. The summed E-state index contributed by atoms with van der Waals surface area (Å²) in [6.45, 7) is 6.92. The van der Waals surface area contributed by atoms with E-state index >= 15 is 0 Å². The van der Waals surface area contributed by atoms with Gasteiger partial charge in [0.25, 0.3) is 0 Å². The predicted molar refractivity (Wildman–Crippen MR) is 87.5 cm³/mol. The number of nitrogens with one attached hydrogen (secondary N) is 1. The minimum Gasteiger partial charge on any atom is -0.356 e. The van der Waals surface area contributed by atoms with E-state index in [1.54, 1.807) is 12.1 Å². The molecule has 5 heteroatoms. The van der Waals surface area contributed by atoms with Gasteiger partial charge in [-0.1, -0.05) is 39.3 Å². The quantitative estimate of drug-likeness (QED) is 0.930. The molecule has 0 spiro atoms. The van der Waals surface area contributed by atoms with Crippen molar-refractivity contribution < 1.29 is 13.2 Å². The van der Waals surface area contributed by atoms with Gasteiger partial charge in [-0.3, -0.25) is 4.79 Å². The molecule has 1 amide bonds. The van der Waals surface area contributed by atoms with Crippen LogP contribution in [0.5, 0.6) is 0 Å². The summed E-state index contributed by atoms with van der Waals surface area (Å²) < 4.78 is 25.1. The van der Waals surface area contributed by atoms with Crippen molar-refractivity contribution in [2.24, 2.45) is 5.92 Å². The molecule has 1 saturated heterocycles. The Kier molecular flexibility index (Phi) is 4.95. The number of hydrogen-bond acceptors (Lipinski definition) is 3. The molecule has 1 atom stereocenters. The molecule has 4 nitrogen and oxygen atoms in total. The van der Waals surface area contributed by atoms with E-state index in [0.29, 0.717) is 17.9 Å². The van der Waals surface area contributed by atoms with Gasteiger partial charge in [0.15, 0.2) is 9.84 Å². The van der Waals surface area contributed by atoms with Crippen molar-refractivity contribution in [1.29, 1.82) is 0 Å². The lowest BCUT2D eigenvalue weighted by Gasteiger charge is -2.19. The summed E-state index contributed by atoms with van der Waals surface area (Å²) in [4.78, 5) is 12.2. The van der Waals surface area contributed by atoms with Gasteiger partial charge in [0.2, 0.25) is 5.91 Å². The van der Waals surface area contributed by atoms with E-state index in [-0.39, 0.29) is 17.1 Å². The van der Waals surface area contributed by atoms with Crippen LogP contribution < -0.4 is 5.32 Å². The van der Waals surface area contributed by atoms with E-state index in [1.165, 1.54) is 0 Å². The molecule has 0 saturated carbocycles. The SMILES string of the molecule is CC(C)(C)c1ccc(S(=O)(=O)C[C@H]2CCCCNC2=O)cc1. The lowest BCUT2D eigenvalue weighted by molar-refractivity contribution is -0.124. The summed E-state index contributed by atoms with van der Waals surface area (Å²) in [6, 6.07) is 7.04. The Morgan fingerprint density at radius 1 is 1.14 bits per heavy atom. The van der Waals surface area contributed by atoms with Crippen LogP contribution in [0.3, 0.4) is 0 Å². The third-order valence-corrected chi connectivity index (χ3v) is 5.98. The molecule has 1 aliphatic rings. The maximum Gasteiger partial charge on any atom is 0.224 e. The zero-order valence-electron chi connectivity index (χ0n) is 13.6. The second-order valence-corrected chi connectivity index (χ2v) is 9.07. The maximum atomic E-state index is 12.5. The second-order valence-electron chi connectivity index (χ2n) is 7.04. The molecule has 22 heavy (non-hydrogen) atoms. The maximum absolute atomic E-state index is 12.5. The van der Waals surface area contributed by atoms with Crippen molar-refractivity contribution in [3.05, 3.63) is 29.8 Å². The Bertz CT molecular complexity index is 627. The number of carbonyl (C=O) groups is 1. The zero-order chi connectivity index (χ0) is 16.4. The van der Waals surface area contributed by atoms with Crippen molar-refractivity contribution in [2.45, 2.75) is 50.3 Å². The molecule has 1 aromatic rings. The third-order valence-electron chi connectivity index (χ3n) is 4.15. The Labute approximate surface area is 133 Å². The summed E-state index contributed by atoms with van der Waals surface area (Å²) in [5.74, 6) is -0.671. The van der Waals surface area contributed by atoms with Crippen LogP contribution in [0.2, 0.25) is 0 Å². The molecule has 1 heterocycles. The van der Waals surface area contributed by atoms with Crippen molar-refractivity contribution >= 4 is 15.7 Å². The number of rotatable bonds is 3. The van der Waals surface area contributed by atoms with Crippen LogP contribution in [0.25, 0.3) is 0 Å². The van der Waals surface area contributed by atoms with E-state index in [1.807, 2.05) is 12.1 Å². The number of carbonyl (C=O) groups excluding carboxylic acids is 1. The van der Waals surface area contributed by atoms with Crippen LogP contribution >= 0.6 is 0 Å². The van der Waals surface area contributed by atoms with Crippen LogP contribution in [0.1, 0.15) is 45.6 Å². The lowest BCUT2D eigenvalue weighted by Crippen LogP contribution is -2.33. The highest BCUT2D eigenvalue weighted by Crippen LogP contribution is 2.25. The summed E-state index contributed by atoms with van der Waals surface area (Å²) >= 11 is 0. The molecule has 0 radical (unpaired) electrons. The van der Waals surface area contributed by atoms with Gasteiger partial charge in [-0.2, -0.15) is 0 Å². The van der Waals surface area contributed by atoms with Gasteiger partial charge < -0.3 is 5.32 Å². The van der Waals surface area contributed by atoms with Crippen LogP contribution in [0.15, 0.2) is 29.2 Å². The van der Waals surface area contributed by atoms with Crippen molar-refractivity contribution in [3.63, 3.8) is 0 Å².